The van der Waals surface area contributed by atoms with Crippen molar-refractivity contribution in [2.24, 2.45) is 0 Å². The number of furan rings is 1. The van der Waals surface area contributed by atoms with Gasteiger partial charge in [-0.3, -0.25) is 9.97 Å². The fourth-order valence-electron chi connectivity index (χ4n) is 9.27. The van der Waals surface area contributed by atoms with Crippen LogP contribution in [0.1, 0.15) is 191 Å². The van der Waals surface area contributed by atoms with E-state index in [2.05, 4.69) is 189 Å². The summed E-state index contributed by atoms with van der Waals surface area (Å²) in [5.41, 5.74) is 18.9. The van der Waals surface area contributed by atoms with Gasteiger partial charge >= 0.3 is 5.76 Å². The number of nitrogens with one attached hydrogen (secondary N) is 1. The van der Waals surface area contributed by atoms with E-state index in [1.165, 1.54) is 57.3 Å². The van der Waals surface area contributed by atoms with Crippen molar-refractivity contribution >= 4 is 66.3 Å². The van der Waals surface area contributed by atoms with Crippen LogP contribution in [-0.4, -0.2) is 30.2 Å². The molecule has 0 aliphatic carbocycles. The van der Waals surface area contributed by atoms with Crippen LogP contribution in [0, 0.1) is 0 Å². The Morgan fingerprint density at radius 3 is 1.68 bits per heavy atom. The Morgan fingerprint density at radius 1 is 0.500 bits per heavy atom. The zero-order valence-corrected chi connectivity index (χ0v) is 52.9. The lowest BCUT2D eigenvalue weighted by molar-refractivity contribution is 0.449. The molecule has 1 N–H and O–H groups in total. The van der Waals surface area contributed by atoms with E-state index in [4.69, 9.17) is 31.5 Å². The SMILES string of the molecule is C.C=C1Cc2cc(C(C)C)ccc2O1.CC(C)(C)c1coc2cccnc12.CC(C)c1ccc2[nH]c(=O)oc2c1.CC(C)c1ccc2cnoc2c1.CC(C)c1ccc2ncoc2c1.CC(C)c1ccc2ocnc2c1.CC(C)c1ccc2oncc2c1. The zero-order valence-electron chi connectivity index (χ0n) is 52.9. The van der Waals surface area contributed by atoms with E-state index in [0.29, 0.717) is 41.1 Å². The number of aromatic amines is 1. The van der Waals surface area contributed by atoms with Crippen molar-refractivity contribution in [1.82, 2.24) is 30.2 Å². The summed E-state index contributed by atoms with van der Waals surface area (Å²) in [6.07, 6.45) is 10.9. The van der Waals surface area contributed by atoms with Gasteiger partial charge in [0.05, 0.1) is 24.2 Å². The number of fused-ring (bicyclic) bond motifs is 7. The summed E-state index contributed by atoms with van der Waals surface area (Å²) in [6, 6.07) is 40.6. The summed E-state index contributed by atoms with van der Waals surface area (Å²) in [5.74, 6) is 4.67. The minimum Gasteiger partial charge on any atom is -0.462 e. The van der Waals surface area contributed by atoms with E-state index in [-0.39, 0.29) is 12.8 Å². The van der Waals surface area contributed by atoms with Crippen LogP contribution in [0.4, 0.5) is 0 Å². The molecule has 8 heterocycles. The fourth-order valence-corrected chi connectivity index (χ4v) is 9.27. The van der Waals surface area contributed by atoms with Crippen molar-refractivity contribution < 1.29 is 31.5 Å². The number of pyridine rings is 1. The highest BCUT2D eigenvalue weighted by Gasteiger charge is 2.20. The van der Waals surface area contributed by atoms with Gasteiger partial charge in [0, 0.05) is 34.5 Å². The number of benzene rings is 6. The summed E-state index contributed by atoms with van der Waals surface area (Å²) in [6.45, 7) is 36.2. The maximum Gasteiger partial charge on any atom is 0.417 e. The molecule has 0 saturated carbocycles. The van der Waals surface area contributed by atoms with Crippen LogP contribution in [0.25, 0.3) is 66.3 Å². The Morgan fingerprint density at radius 2 is 1.02 bits per heavy atom. The van der Waals surface area contributed by atoms with Crippen molar-refractivity contribution in [3.05, 3.63) is 226 Å². The van der Waals surface area contributed by atoms with Gasteiger partial charge in [-0.25, -0.2) is 14.8 Å². The molecule has 0 atom stereocenters. The topological polar surface area (TPSA) is 185 Å². The minimum atomic E-state index is -0.393. The predicted molar refractivity (Wildman–Crippen MR) is 357 cm³/mol. The molecule has 88 heavy (non-hydrogen) atoms. The van der Waals surface area contributed by atoms with Gasteiger partial charge in [-0.1, -0.05) is 171 Å². The average molecular weight is 1190 g/mol. The van der Waals surface area contributed by atoms with Crippen LogP contribution in [0.3, 0.4) is 0 Å². The number of oxazole rings is 3. The molecule has 1 aliphatic heterocycles. The van der Waals surface area contributed by atoms with E-state index >= 15 is 0 Å². The quantitative estimate of drug-likeness (QED) is 0.166. The zero-order chi connectivity index (χ0) is 62.5. The summed E-state index contributed by atoms with van der Waals surface area (Å²) in [5, 5.41) is 9.61. The van der Waals surface area contributed by atoms with Gasteiger partial charge in [-0.15, -0.1) is 0 Å². The van der Waals surface area contributed by atoms with Crippen molar-refractivity contribution in [2.75, 3.05) is 0 Å². The summed E-state index contributed by atoms with van der Waals surface area (Å²) in [7, 11) is 0. The first-order chi connectivity index (χ1) is 41.5. The molecule has 0 unspecified atom stereocenters. The molecule has 6 aromatic carbocycles. The van der Waals surface area contributed by atoms with Gasteiger partial charge in [-0.05, 0) is 153 Å². The Kier molecular flexibility index (Phi) is 22.5. The second-order valence-electron chi connectivity index (χ2n) is 24.5. The monoisotopic (exact) mass is 1190 g/mol. The van der Waals surface area contributed by atoms with Crippen LogP contribution in [0.15, 0.2) is 203 Å². The maximum atomic E-state index is 10.8. The summed E-state index contributed by atoms with van der Waals surface area (Å²) >= 11 is 0. The number of H-pyrrole nitrogens is 1. The van der Waals surface area contributed by atoms with E-state index in [9.17, 15) is 4.79 Å². The van der Waals surface area contributed by atoms with Gasteiger partial charge in [0.2, 0.25) is 0 Å². The lowest BCUT2D eigenvalue weighted by atomic mass is 9.88. The molecule has 1 aliphatic rings. The third kappa shape index (κ3) is 17.5. The van der Waals surface area contributed by atoms with Crippen molar-refractivity contribution in [3.63, 3.8) is 0 Å². The van der Waals surface area contributed by atoms with Crippen molar-refractivity contribution in [3.8, 4) is 5.75 Å². The molecule has 14 heteroatoms. The highest BCUT2D eigenvalue weighted by atomic mass is 16.5. The molecule has 14 nitrogen and oxygen atoms in total. The van der Waals surface area contributed by atoms with Gasteiger partial charge in [-0.2, -0.15) is 0 Å². The Hall–Kier alpha value is -9.30. The smallest absolute Gasteiger partial charge is 0.417 e. The molecule has 7 aromatic heterocycles. The standard InChI is InChI=1S/C12H14O.C11H13NO.C10H11NO2.4C10H11NO.CH4/c1-8(2)10-4-5-12-11(7-10)6-9(3)13-12;1-11(2,3)8-7-13-9-5-4-6-12-10(8)9;1-6(2)7-3-4-8-9(5-7)13-10(12)11-8;1-7(2)8-3-4-10-9(5-8)11-6-12-10;1-7(2)8-3-4-10-9(5-8)6-11-12-10;1-7(2)8-3-4-9-10(5-8)12-6-11-9;1-7(2)8-3-4-9-6-11-12-10(9)5-8;/h4-5,7-8H,3,6H2,1-2H3;4-7H,1-3H3;3-6H,1-2H3,(H,11,12);4*3-7H,1-2H3;1H4. The lowest BCUT2D eigenvalue weighted by Gasteiger charge is -2.15. The third-order valence-electron chi connectivity index (χ3n) is 14.8. The van der Waals surface area contributed by atoms with E-state index in [0.717, 1.165) is 78.7 Å². The van der Waals surface area contributed by atoms with Crippen LogP contribution in [-0.2, 0) is 11.8 Å². The molecule has 0 spiro atoms. The molecular weight excluding hydrogens is 1100 g/mol. The molecule has 0 bridgehead atoms. The largest absolute Gasteiger partial charge is 0.462 e. The maximum absolute atomic E-state index is 10.8. The second kappa shape index (κ2) is 29.9. The second-order valence-corrected chi connectivity index (χ2v) is 24.5. The van der Waals surface area contributed by atoms with E-state index in [1.54, 1.807) is 24.9 Å². The molecular formula is C74H86N6O8. The number of hydrogen-bond donors (Lipinski definition) is 1. The fraction of sp³-hybridized carbons (Fsp3) is 0.324. The molecule has 460 valence electrons. The predicted octanol–water partition coefficient (Wildman–Crippen LogP) is 21.1. The number of nitrogens with zero attached hydrogens (tertiary/aromatic N) is 5. The molecule has 0 radical (unpaired) electrons. The van der Waals surface area contributed by atoms with E-state index in [1.807, 2.05) is 72.8 Å². The van der Waals surface area contributed by atoms with Crippen molar-refractivity contribution in [1.29, 1.82) is 0 Å². The summed E-state index contributed by atoms with van der Waals surface area (Å²) < 4.78 is 36.2. The number of rotatable bonds is 6. The molecule has 13 aromatic rings. The minimum absolute atomic E-state index is 0. The van der Waals surface area contributed by atoms with Crippen molar-refractivity contribution in [2.45, 2.75) is 159 Å². The first-order valence-electron chi connectivity index (χ1n) is 29.8. The van der Waals surface area contributed by atoms with Gasteiger partial charge in [0.25, 0.3) is 0 Å². The van der Waals surface area contributed by atoms with Gasteiger partial charge < -0.3 is 31.5 Å². The number of hydrogen-bond acceptors (Lipinski definition) is 13. The highest BCUT2D eigenvalue weighted by Crippen LogP contribution is 2.33. The van der Waals surface area contributed by atoms with Gasteiger partial charge in [0.1, 0.15) is 28.1 Å². The molecule has 14 rings (SSSR count). The molecule has 0 fully saturated rings. The Labute approximate surface area is 516 Å². The molecule has 0 amide bonds. The number of aromatic nitrogens is 6. The Bertz CT molecular complexity index is 4070. The normalized spacial score (nSPS) is 11.8. The van der Waals surface area contributed by atoms with Crippen LogP contribution in [0.2, 0.25) is 0 Å². The first-order valence-corrected chi connectivity index (χ1v) is 29.8. The lowest BCUT2D eigenvalue weighted by Crippen LogP contribution is -2.10. The summed E-state index contributed by atoms with van der Waals surface area (Å²) in [4.78, 5) is 25.9. The Balaban J connectivity index is 0.000000146. The molecule has 0 saturated heterocycles. The van der Waals surface area contributed by atoms with E-state index < -0.39 is 5.76 Å². The third-order valence-corrected chi connectivity index (χ3v) is 14.8. The highest BCUT2D eigenvalue weighted by molar-refractivity contribution is 5.79. The first kappa shape index (κ1) is 66.2. The van der Waals surface area contributed by atoms with Crippen LogP contribution >= 0.6 is 0 Å². The number of allylic oxidation sites excluding steroid dienone is 1. The van der Waals surface area contributed by atoms with Gasteiger partial charge in [0.15, 0.2) is 46.3 Å². The average Bonchev–Trinajstić information content (AvgIpc) is 3.92. The van der Waals surface area contributed by atoms with Crippen LogP contribution < -0.4 is 10.5 Å². The van der Waals surface area contributed by atoms with Crippen LogP contribution in [0.5, 0.6) is 5.75 Å². The number of ether oxygens (including phenoxy) is 1.